The molecule has 17 heavy (non-hydrogen) atoms. The minimum Gasteiger partial charge on any atom is -0.319 e. The average Bonchev–Trinajstić information content (AvgIpc) is 2.66. The lowest BCUT2D eigenvalue weighted by Gasteiger charge is -2.05. The van der Waals surface area contributed by atoms with E-state index in [4.69, 9.17) is 5.26 Å². The van der Waals surface area contributed by atoms with Gasteiger partial charge in [0.1, 0.15) is 6.07 Å². The molecule has 5 nitrogen and oxygen atoms in total. The highest BCUT2D eigenvalue weighted by Crippen LogP contribution is 2.12. The van der Waals surface area contributed by atoms with Gasteiger partial charge in [-0.2, -0.15) is 5.26 Å². The van der Waals surface area contributed by atoms with Gasteiger partial charge < -0.3 is 9.88 Å². The second kappa shape index (κ2) is 6.69. The molecule has 0 atom stereocenters. The number of carbonyl (C=O) groups excluding carboxylic acids is 1. The fraction of sp³-hybridized carbons (Fsp3) is 0.583. The van der Waals surface area contributed by atoms with Gasteiger partial charge in [0, 0.05) is 13.5 Å². The molecule has 1 rings (SSSR count). The topological polar surface area (TPSA) is 70.7 Å². The molecule has 1 aromatic rings. The van der Waals surface area contributed by atoms with Gasteiger partial charge in [0.25, 0.3) is 0 Å². The number of hydrogen-bond donors (Lipinski definition) is 1. The number of aryl methyl sites for hydroxylation is 1. The van der Waals surface area contributed by atoms with Crippen LogP contribution in [0.5, 0.6) is 0 Å². The van der Waals surface area contributed by atoms with Crippen LogP contribution in [0.1, 0.15) is 44.7 Å². The van der Waals surface area contributed by atoms with E-state index < -0.39 is 0 Å². The average molecular weight is 234 g/mol. The van der Waals surface area contributed by atoms with Crippen LogP contribution in [-0.4, -0.2) is 15.5 Å². The van der Waals surface area contributed by atoms with Crippen LogP contribution < -0.4 is 5.32 Å². The number of aromatic nitrogens is 2. The van der Waals surface area contributed by atoms with E-state index in [1.165, 1.54) is 6.33 Å². The highest BCUT2D eigenvalue weighted by atomic mass is 16.1. The Balaban J connectivity index is 2.45. The van der Waals surface area contributed by atoms with Gasteiger partial charge in [-0.1, -0.05) is 26.2 Å². The van der Waals surface area contributed by atoms with E-state index in [0.29, 0.717) is 12.2 Å². The summed E-state index contributed by atoms with van der Waals surface area (Å²) in [6, 6.07) is 1.95. The summed E-state index contributed by atoms with van der Waals surface area (Å²) in [5.74, 6) is 0.425. The minimum absolute atomic E-state index is 0.0544. The molecule has 0 aliphatic carbocycles. The number of nitriles is 1. The van der Waals surface area contributed by atoms with Crippen LogP contribution in [0, 0.1) is 11.3 Å². The first-order valence-corrected chi connectivity index (χ1v) is 5.90. The summed E-state index contributed by atoms with van der Waals surface area (Å²) in [4.78, 5) is 15.5. The standard InChI is InChI=1S/C12H18N4O/c1-3-4-5-6-7-11(17)15-12-10(8-13)14-9-16(12)2/h9H,3-7H2,1-2H3,(H,15,17). The first-order valence-electron chi connectivity index (χ1n) is 5.90. The van der Waals surface area contributed by atoms with Gasteiger partial charge in [-0.25, -0.2) is 4.98 Å². The van der Waals surface area contributed by atoms with Crippen LogP contribution >= 0.6 is 0 Å². The Hall–Kier alpha value is -1.83. The van der Waals surface area contributed by atoms with Crippen molar-refractivity contribution in [2.24, 2.45) is 7.05 Å². The molecule has 0 aromatic carbocycles. The number of nitrogens with zero attached hydrogens (tertiary/aromatic N) is 3. The largest absolute Gasteiger partial charge is 0.319 e. The van der Waals surface area contributed by atoms with Crippen LogP contribution in [0.15, 0.2) is 6.33 Å². The summed E-state index contributed by atoms with van der Waals surface area (Å²) in [6.45, 7) is 2.13. The molecule has 1 aromatic heterocycles. The SMILES string of the molecule is CCCCCCC(=O)Nc1c(C#N)ncn1C. The number of imidazole rings is 1. The maximum Gasteiger partial charge on any atom is 0.225 e. The molecule has 1 heterocycles. The molecule has 1 amide bonds. The Morgan fingerprint density at radius 2 is 2.29 bits per heavy atom. The highest BCUT2D eigenvalue weighted by molar-refractivity contribution is 5.90. The van der Waals surface area contributed by atoms with Gasteiger partial charge in [-0.05, 0) is 6.42 Å². The first kappa shape index (κ1) is 13.2. The minimum atomic E-state index is -0.0544. The van der Waals surface area contributed by atoms with Crippen LogP contribution in [-0.2, 0) is 11.8 Å². The van der Waals surface area contributed by atoms with E-state index in [2.05, 4.69) is 17.2 Å². The predicted octanol–water partition coefficient (Wildman–Crippen LogP) is 2.20. The summed E-state index contributed by atoms with van der Waals surface area (Å²) in [5.41, 5.74) is 0.259. The number of carbonyl (C=O) groups is 1. The van der Waals surface area contributed by atoms with Crippen molar-refractivity contribution in [1.82, 2.24) is 9.55 Å². The third-order valence-corrected chi connectivity index (χ3v) is 2.56. The summed E-state index contributed by atoms with van der Waals surface area (Å²) in [6.07, 6.45) is 6.28. The maximum absolute atomic E-state index is 11.6. The smallest absolute Gasteiger partial charge is 0.225 e. The maximum atomic E-state index is 11.6. The lowest BCUT2D eigenvalue weighted by Crippen LogP contribution is -2.14. The van der Waals surface area contributed by atoms with E-state index in [0.717, 1.165) is 25.7 Å². The Morgan fingerprint density at radius 3 is 2.94 bits per heavy atom. The molecule has 0 aliphatic rings. The van der Waals surface area contributed by atoms with E-state index in [1.54, 1.807) is 11.6 Å². The zero-order chi connectivity index (χ0) is 12.7. The summed E-state index contributed by atoms with van der Waals surface area (Å²) in [5, 5.41) is 11.5. The normalized spacial score (nSPS) is 9.94. The van der Waals surface area contributed by atoms with E-state index in [9.17, 15) is 4.79 Å². The van der Waals surface area contributed by atoms with Gasteiger partial charge in [0.2, 0.25) is 5.91 Å². The van der Waals surface area contributed by atoms with Crippen molar-refractivity contribution < 1.29 is 4.79 Å². The molecule has 0 bridgehead atoms. The van der Waals surface area contributed by atoms with Crippen molar-refractivity contribution in [3.05, 3.63) is 12.0 Å². The Labute approximate surface area is 101 Å². The number of nitrogens with one attached hydrogen (secondary N) is 1. The zero-order valence-electron chi connectivity index (χ0n) is 10.4. The summed E-state index contributed by atoms with van der Waals surface area (Å²) >= 11 is 0. The number of rotatable bonds is 6. The number of amides is 1. The second-order valence-corrected chi connectivity index (χ2v) is 4.02. The third-order valence-electron chi connectivity index (χ3n) is 2.56. The monoisotopic (exact) mass is 234 g/mol. The van der Waals surface area contributed by atoms with E-state index in [1.807, 2.05) is 6.07 Å². The fourth-order valence-corrected chi connectivity index (χ4v) is 1.57. The molecule has 0 radical (unpaired) electrons. The fourth-order valence-electron chi connectivity index (χ4n) is 1.57. The molecule has 0 unspecified atom stereocenters. The van der Waals surface area contributed by atoms with Crippen molar-refractivity contribution in [1.29, 1.82) is 5.26 Å². The predicted molar refractivity (Wildman–Crippen MR) is 65.3 cm³/mol. The highest BCUT2D eigenvalue weighted by Gasteiger charge is 2.11. The third kappa shape index (κ3) is 3.91. The van der Waals surface area contributed by atoms with Crippen LogP contribution in [0.25, 0.3) is 0 Å². The first-order chi connectivity index (χ1) is 8.19. The Morgan fingerprint density at radius 1 is 1.53 bits per heavy atom. The van der Waals surface area contributed by atoms with Crippen molar-refractivity contribution in [3.63, 3.8) is 0 Å². The molecular weight excluding hydrogens is 216 g/mol. The Bertz CT molecular complexity index is 417. The van der Waals surface area contributed by atoms with E-state index >= 15 is 0 Å². The zero-order valence-corrected chi connectivity index (χ0v) is 10.4. The number of unbranched alkanes of at least 4 members (excludes halogenated alkanes) is 3. The second-order valence-electron chi connectivity index (χ2n) is 4.02. The van der Waals surface area contributed by atoms with Crippen molar-refractivity contribution in [2.75, 3.05) is 5.32 Å². The Kier molecular flexibility index (Phi) is 5.21. The molecule has 1 N–H and O–H groups in total. The molecule has 0 spiro atoms. The molecular formula is C12H18N4O. The van der Waals surface area contributed by atoms with Gasteiger partial charge in [0.05, 0.1) is 6.33 Å². The lowest BCUT2D eigenvalue weighted by molar-refractivity contribution is -0.116. The quantitative estimate of drug-likeness (QED) is 0.767. The molecule has 0 aliphatic heterocycles. The van der Waals surface area contributed by atoms with Crippen molar-refractivity contribution in [2.45, 2.75) is 39.0 Å². The number of hydrogen-bond acceptors (Lipinski definition) is 3. The van der Waals surface area contributed by atoms with Crippen LogP contribution in [0.4, 0.5) is 5.82 Å². The summed E-state index contributed by atoms with van der Waals surface area (Å²) < 4.78 is 1.64. The molecule has 0 saturated carbocycles. The summed E-state index contributed by atoms with van der Waals surface area (Å²) in [7, 11) is 1.75. The van der Waals surface area contributed by atoms with Gasteiger partial charge >= 0.3 is 0 Å². The lowest BCUT2D eigenvalue weighted by atomic mass is 10.1. The van der Waals surface area contributed by atoms with Crippen molar-refractivity contribution >= 4 is 11.7 Å². The molecule has 5 heteroatoms. The number of anilines is 1. The van der Waals surface area contributed by atoms with Crippen LogP contribution in [0.2, 0.25) is 0 Å². The van der Waals surface area contributed by atoms with Gasteiger partial charge in [-0.15, -0.1) is 0 Å². The molecule has 92 valence electrons. The molecule has 0 fully saturated rings. The van der Waals surface area contributed by atoms with Gasteiger partial charge in [-0.3, -0.25) is 4.79 Å². The van der Waals surface area contributed by atoms with Crippen LogP contribution in [0.3, 0.4) is 0 Å². The van der Waals surface area contributed by atoms with E-state index in [-0.39, 0.29) is 11.6 Å². The van der Waals surface area contributed by atoms with Crippen molar-refractivity contribution in [3.8, 4) is 6.07 Å². The molecule has 0 saturated heterocycles. The van der Waals surface area contributed by atoms with Gasteiger partial charge in [0.15, 0.2) is 11.5 Å².